The second-order valence-electron chi connectivity index (χ2n) is 5.04. The Kier molecular flexibility index (Phi) is 5.29. The van der Waals surface area contributed by atoms with Crippen LogP contribution in [0.3, 0.4) is 0 Å². The normalized spacial score (nSPS) is 10.5. The zero-order valence-electron chi connectivity index (χ0n) is 14.1. The molecule has 1 N–H and O–H groups in total. The molecule has 1 amide bonds. The first-order valence-corrected chi connectivity index (χ1v) is 8.58. The summed E-state index contributed by atoms with van der Waals surface area (Å²) in [7, 11) is 2.99. The topological polar surface area (TPSA) is 99.1 Å². The van der Waals surface area contributed by atoms with Crippen molar-refractivity contribution >= 4 is 34.0 Å². The van der Waals surface area contributed by atoms with Crippen molar-refractivity contribution < 1.29 is 14.3 Å². The Labute approximate surface area is 158 Å². The average Bonchev–Trinajstić information content (AvgIpc) is 3.09. The van der Waals surface area contributed by atoms with Crippen molar-refractivity contribution in [1.29, 1.82) is 0 Å². The maximum absolute atomic E-state index is 12.9. The van der Waals surface area contributed by atoms with Crippen LogP contribution in [0.5, 0.6) is 10.9 Å². The van der Waals surface area contributed by atoms with Gasteiger partial charge in [0.1, 0.15) is 10.9 Å². The highest BCUT2D eigenvalue weighted by molar-refractivity contribution is 7.17. The Morgan fingerprint density at radius 2 is 1.92 bits per heavy atom. The zero-order valence-corrected chi connectivity index (χ0v) is 15.7. The number of ether oxygens (including phenoxy) is 2. The maximum atomic E-state index is 12.9. The van der Waals surface area contributed by atoms with E-state index in [1.807, 2.05) is 0 Å². The van der Waals surface area contributed by atoms with Crippen LogP contribution in [0.25, 0.3) is 11.1 Å². The summed E-state index contributed by atoms with van der Waals surface area (Å²) in [4.78, 5) is 21.1. The van der Waals surface area contributed by atoms with Gasteiger partial charge in [-0.15, -0.1) is 5.10 Å². The van der Waals surface area contributed by atoms with Crippen molar-refractivity contribution in [3.8, 4) is 22.1 Å². The van der Waals surface area contributed by atoms with Crippen LogP contribution >= 0.6 is 22.9 Å². The van der Waals surface area contributed by atoms with Crippen LogP contribution in [0.4, 0.5) is 5.13 Å². The summed E-state index contributed by atoms with van der Waals surface area (Å²) in [6.07, 6.45) is 3.24. The van der Waals surface area contributed by atoms with Crippen LogP contribution in [0.2, 0.25) is 5.15 Å². The molecule has 0 atom stereocenters. The van der Waals surface area contributed by atoms with E-state index in [-0.39, 0.29) is 15.8 Å². The molecule has 3 heterocycles. The van der Waals surface area contributed by atoms with Gasteiger partial charge in [-0.25, -0.2) is 4.98 Å². The molecule has 3 rings (SSSR count). The van der Waals surface area contributed by atoms with Gasteiger partial charge in [-0.1, -0.05) is 16.7 Å². The summed E-state index contributed by atoms with van der Waals surface area (Å²) in [5.74, 6) is -0.0213. The summed E-state index contributed by atoms with van der Waals surface area (Å²) in [6.45, 7) is 1.76. The average molecular weight is 392 g/mol. The predicted octanol–water partition coefficient (Wildman–Crippen LogP) is 3.23. The highest BCUT2D eigenvalue weighted by Crippen LogP contribution is 2.38. The first kappa shape index (κ1) is 18.0. The Bertz CT molecular complexity index is 949. The largest absolute Gasteiger partial charge is 0.494 e. The summed E-state index contributed by atoms with van der Waals surface area (Å²) >= 11 is 7.40. The zero-order chi connectivity index (χ0) is 18.7. The molecule has 10 heteroatoms. The van der Waals surface area contributed by atoms with Crippen molar-refractivity contribution in [2.24, 2.45) is 0 Å². The van der Waals surface area contributed by atoms with Crippen LogP contribution in [0.15, 0.2) is 24.5 Å². The fourth-order valence-electron chi connectivity index (χ4n) is 2.40. The Hall–Kier alpha value is -2.78. The first-order valence-electron chi connectivity index (χ1n) is 7.38. The van der Waals surface area contributed by atoms with Gasteiger partial charge in [-0.3, -0.25) is 15.1 Å². The smallest absolute Gasteiger partial charge is 0.295 e. The van der Waals surface area contributed by atoms with E-state index in [0.717, 1.165) is 16.9 Å². The molecule has 0 saturated heterocycles. The quantitative estimate of drug-likeness (QED) is 0.666. The molecule has 0 radical (unpaired) electrons. The molecule has 0 aliphatic heterocycles. The first-order chi connectivity index (χ1) is 12.5. The van der Waals surface area contributed by atoms with E-state index in [9.17, 15) is 4.79 Å². The third kappa shape index (κ3) is 3.44. The Morgan fingerprint density at radius 3 is 2.54 bits per heavy atom. The molecule has 26 heavy (non-hydrogen) atoms. The summed E-state index contributed by atoms with van der Waals surface area (Å²) < 4.78 is 10.5. The number of amides is 1. The molecule has 0 unspecified atom stereocenters. The number of methoxy groups -OCH3 is 2. The second-order valence-corrected chi connectivity index (χ2v) is 6.34. The van der Waals surface area contributed by atoms with Crippen LogP contribution in [-0.4, -0.2) is 40.3 Å². The van der Waals surface area contributed by atoms with E-state index in [1.165, 1.54) is 14.2 Å². The molecule has 3 aromatic heterocycles. The van der Waals surface area contributed by atoms with Crippen molar-refractivity contribution in [2.75, 3.05) is 19.5 Å². The number of carbonyl (C=O) groups excluding carboxylic acids is 1. The van der Waals surface area contributed by atoms with Crippen molar-refractivity contribution in [3.05, 3.63) is 40.9 Å². The number of aryl methyl sites for hydroxylation is 1. The Balaban J connectivity index is 2.12. The van der Waals surface area contributed by atoms with E-state index in [2.05, 4.69) is 25.5 Å². The van der Waals surface area contributed by atoms with Gasteiger partial charge >= 0.3 is 0 Å². The van der Waals surface area contributed by atoms with E-state index in [1.54, 1.807) is 31.5 Å². The fraction of sp³-hybridized carbons (Fsp3) is 0.188. The van der Waals surface area contributed by atoms with Crippen LogP contribution in [0.1, 0.15) is 16.1 Å². The van der Waals surface area contributed by atoms with Gasteiger partial charge in [0, 0.05) is 18.0 Å². The number of nitrogens with zero attached hydrogens (tertiary/aromatic N) is 4. The molecule has 0 aromatic carbocycles. The summed E-state index contributed by atoms with van der Waals surface area (Å²) in [6, 6.07) is 3.52. The molecule has 0 fully saturated rings. The fourth-order valence-corrected chi connectivity index (χ4v) is 3.27. The SMILES string of the molecule is COc1nnc(NC(=O)c2c(Cl)nc(C)c(OC)c2-c2ccncc2)s1. The third-order valence-electron chi connectivity index (χ3n) is 3.48. The molecule has 0 saturated carbocycles. The lowest BCUT2D eigenvalue weighted by Gasteiger charge is -2.16. The van der Waals surface area contributed by atoms with Gasteiger partial charge < -0.3 is 9.47 Å². The molecule has 0 aliphatic rings. The lowest BCUT2D eigenvalue weighted by molar-refractivity contribution is 0.102. The van der Waals surface area contributed by atoms with Gasteiger partial charge in [0.25, 0.3) is 11.1 Å². The van der Waals surface area contributed by atoms with Gasteiger partial charge in [0.05, 0.1) is 25.5 Å². The summed E-state index contributed by atoms with van der Waals surface area (Å²) in [5, 5.41) is 11.0. The number of carbonyl (C=O) groups is 1. The second kappa shape index (κ2) is 7.63. The monoisotopic (exact) mass is 391 g/mol. The number of halogens is 1. The molecule has 8 nitrogen and oxygen atoms in total. The lowest BCUT2D eigenvalue weighted by Crippen LogP contribution is -2.16. The van der Waals surface area contributed by atoms with Gasteiger partial charge in [-0.2, -0.15) is 0 Å². The number of nitrogens with one attached hydrogen (secondary N) is 1. The van der Waals surface area contributed by atoms with Crippen LogP contribution in [-0.2, 0) is 0 Å². The van der Waals surface area contributed by atoms with Crippen LogP contribution < -0.4 is 14.8 Å². The highest BCUT2D eigenvalue weighted by Gasteiger charge is 2.25. The number of hydrogen-bond donors (Lipinski definition) is 1. The number of aromatic nitrogens is 4. The van der Waals surface area contributed by atoms with Gasteiger partial charge in [-0.05, 0) is 36.0 Å². The van der Waals surface area contributed by atoms with E-state index in [0.29, 0.717) is 22.2 Å². The third-order valence-corrected chi connectivity index (χ3v) is 4.55. The molecule has 3 aromatic rings. The number of rotatable bonds is 5. The molecule has 134 valence electrons. The standard InChI is InChI=1S/C16H14ClN5O3S/c1-8-12(24-2)10(9-4-6-18-7-5-9)11(13(17)19-8)14(23)20-15-21-22-16(25-3)26-15/h4-7H,1-3H3,(H,20,21,23). The Morgan fingerprint density at radius 1 is 1.19 bits per heavy atom. The van der Waals surface area contributed by atoms with Gasteiger partial charge in [0.15, 0.2) is 0 Å². The molecular weight excluding hydrogens is 378 g/mol. The molecule has 0 spiro atoms. The minimum Gasteiger partial charge on any atom is -0.494 e. The summed E-state index contributed by atoms with van der Waals surface area (Å²) in [5.41, 5.74) is 2.00. The van der Waals surface area contributed by atoms with Crippen molar-refractivity contribution in [1.82, 2.24) is 20.2 Å². The molecular formula is C16H14ClN5O3S. The molecule has 0 bridgehead atoms. The highest BCUT2D eigenvalue weighted by atomic mass is 35.5. The predicted molar refractivity (Wildman–Crippen MR) is 98.2 cm³/mol. The van der Waals surface area contributed by atoms with Crippen molar-refractivity contribution in [2.45, 2.75) is 6.92 Å². The van der Waals surface area contributed by atoms with Crippen LogP contribution in [0, 0.1) is 6.92 Å². The van der Waals surface area contributed by atoms with E-state index < -0.39 is 5.91 Å². The van der Waals surface area contributed by atoms with Crippen molar-refractivity contribution in [3.63, 3.8) is 0 Å². The minimum absolute atomic E-state index is 0.0593. The number of anilines is 1. The number of pyridine rings is 2. The number of hydrogen-bond acceptors (Lipinski definition) is 8. The van der Waals surface area contributed by atoms with Gasteiger partial charge in [0.2, 0.25) is 5.13 Å². The van der Waals surface area contributed by atoms with E-state index >= 15 is 0 Å². The maximum Gasteiger partial charge on any atom is 0.295 e. The minimum atomic E-state index is -0.480. The van der Waals surface area contributed by atoms with E-state index in [4.69, 9.17) is 21.1 Å². The molecule has 0 aliphatic carbocycles. The lowest BCUT2D eigenvalue weighted by atomic mass is 9.99.